The van der Waals surface area contributed by atoms with E-state index in [1.165, 1.54) is 0 Å². The van der Waals surface area contributed by atoms with Crippen molar-refractivity contribution in [2.75, 3.05) is 17.2 Å². The van der Waals surface area contributed by atoms with E-state index in [1.54, 1.807) is 11.1 Å². The van der Waals surface area contributed by atoms with Crippen molar-refractivity contribution in [1.82, 2.24) is 4.98 Å². The average Bonchev–Trinajstić information content (AvgIpc) is 2.56. The molecule has 1 aromatic rings. The zero-order valence-electron chi connectivity index (χ0n) is 10.3. The van der Waals surface area contributed by atoms with Gasteiger partial charge < -0.3 is 4.90 Å². The Morgan fingerprint density at radius 2 is 2.26 bits per heavy atom. The number of carbonyl (C=O) groups excluding carboxylic acids is 1. The van der Waals surface area contributed by atoms with Gasteiger partial charge in [-0.1, -0.05) is 0 Å². The van der Waals surface area contributed by atoms with Crippen LogP contribution in [0.15, 0.2) is 16.9 Å². The summed E-state index contributed by atoms with van der Waals surface area (Å²) in [5.41, 5.74) is 1.62. The molecule has 0 radical (unpaired) electrons. The van der Waals surface area contributed by atoms with Crippen molar-refractivity contribution in [3.63, 3.8) is 0 Å². The Morgan fingerprint density at radius 3 is 2.84 bits per heavy atom. The lowest BCUT2D eigenvalue weighted by Crippen LogP contribution is -2.28. The molecule has 0 aromatic carbocycles. The van der Waals surface area contributed by atoms with Gasteiger partial charge in [0.2, 0.25) is 15.9 Å². The number of hydrogen-bond acceptors (Lipinski definition) is 4. The predicted molar refractivity (Wildman–Crippen MR) is 75.1 cm³/mol. The van der Waals surface area contributed by atoms with Crippen molar-refractivity contribution in [2.45, 2.75) is 13.3 Å². The fourth-order valence-corrected chi connectivity index (χ4v) is 3.58. The number of sulfonamides is 1. The summed E-state index contributed by atoms with van der Waals surface area (Å²) in [6.45, 7) is 2.24. The lowest BCUT2D eigenvalue weighted by Gasteiger charge is -2.18. The van der Waals surface area contributed by atoms with Crippen molar-refractivity contribution in [3.8, 4) is 0 Å². The zero-order valence-corrected chi connectivity index (χ0v) is 12.7. The molecule has 1 atom stereocenters. The van der Waals surface area contributed by atoms with Gasteiger partial charge in [-0.15, -0.1) is 0 Å². The number of pyridine rings is 1. The Hall–Kier alpha value is -0.990. The number of nitrogens with two attached hydrogens (primary N) is 1. The van der Waals surface area contributed by atoms with Crippen LogP contribution in [0.5, 0.6) is 0 Å². The number of halogens is 1. The fourth-order valence-electron chi connectivity index (χ4n) is 2.25. The highest BCUT2D eigenvalue weighted by molar-refractivity contribution is 9.10. The quantitative estimate of drug-likeness (QED) is 0.818. The van der Waals surface area contributed by atoms with Crippen LogP contribution in [0, 0.1) is 12.8 Å². The standard InChI is InChI=1S/C11H14BrN3O3S/c1-7-2-10(12)14-4-9(7)15-5-8(3-11(15)16)6-19(13,17)18/h2,4,8H,3,5-6H2,1H3,(H2,13,17,18). The molecule has 1 aliphatic rings. The molecule has 6 nitrogen and oxygen atoms in total. The molecular formula is C11H14BrN3O3S. The van der Waals surface area contributed by atoms with E-state index in [4.69, 9.17) is 5.14 Å². The third kappa shape index (κ3) is 3.52. The SMILES string of the molecule is Cc1cc(Br)ncc1N1CC(CS(N)(=O)=O)CC1=O. The van der Waals surface area contributed by atoms with E-state index >= 15 is 0 Å². The number of rotatable bonds is 3. The number of amides is 1. The number of carbonyl (C=O) groups is 1. The van der Waals surface area contributed by atoms with Crippen LogP contribution in [0.2, 0.25) is 0 Å². The van der Waals surface area contributed by atoms with E-state index in [1.807, 2.05) is 13.0 Å². The highest BCUT2D eigenvalue weighted by atomic mass is 79.9. The Morgan fingerprint density at radius 1 is 1.58 bits per heavy atom. The van der Waals surface area contributed by atoms with Gasteiger partial charge in [0.05, 0.1) is 17.6 Å². The summed E-state index contributed by atoms with van der Waals surface area (Å²) >= 11 is 3.26. The first-order valence-corrected chi connectivity index (χ1v) is 8.20. The Labute approximate surface area is 120 Å². The van der Waals surface area contributed by atoms with E-state index in [9.17, 15) is 13.2 Å². The molecule has 0 bridgehead atoms. The van der Waals surface area contributed by atoms with Gasteiger partial charge in [-0.25, -0.2) is 18.5 Å². The highest BCUT2D eigenvalue weighted by Crippen LogP contribution is 2.28. The predicted octanol–water partition coefficient (Wildman–Crippen LogP) is 0.794. The van der Waals surface area contributed by atoms with Gasteiger partial charge in [-0.05, 0) is 34.5 Å². The molecule has 2 heterocycles. The number of nitrogens with zero attached hydrogens (tertiary/aromatic N) is 2. The summed E-state index contributed by atoms with van der Waals surface area (Å²) in [7, 11) is -3.56. The second-order valence-electron chi connectivity index (χ2n) is 4.70. The number of primary sulfonamides is 1. The molecule has 0 aliphatic carbocycles. The van der Waals surface area contributed by atoms with E-state index in [2.05, 4.69) is 20.9 Å². The molecule has 0 saturated carbocycles. The lowest BCUT2D eigenvalue weighted by molar-refractivity contribution is -0.117. The minimum Gasteiger partial charge on any atom is -0.310 e. The molecule has 1 aliphatic heterocycles. The molecule has 8 heteroatoms. The monoisotopic (exact) mass is 347 g/mol. The Bertz CT molecular complexity index is 618. The summed E-state index contributed by atoms with van der Waals surface area (Å²) in [6, 6.07) is 1.82. The number of aromatic nitrogens is 1. The maximum absolute atomic E-state index is 12.0. The van der Waals surface area contributed by atoms with Crippen LogP contribution in [0.4, 0.5) is 5.69 Å². The summed E-state index contributed by atoms with van der Waals surface area (Å²) < 4.78 is 22.9. The molecule has 1 amide bonds. The highest BCUT2D eigenvalue weighted by Gasteiger charge is 2.33. The molecule has 0 spiro atoms. The first kappa shape index (κ1) is 14.4. The summed E-state index contributed by atoms with van der Waals surface area (Å²) in [6.07, 6.45) is 1.81. The van der Waals surface area contributed by atoms with Gasteiger partial charge in [-0.3, -0.25) is 4.79 Å². The second kappa shape index (κ2) is 5.18. The normalized spacial score (nSPS) is 20.1. The molecular weight excluding hydrogens is 334 g/mol. The number of anilines is 1. The molecule has 1 unspecified atom stereocenters. The van der Waals surface area contributed by atoms with Crippen molar-refractivity contribution < 1.29 is 13.2 Å². The second-order valence-corrected chi connectivity index (χ2v) is 7.17. The van der Waals surface area contributed by atoms with Crippen LogP contribution < -0.4 is 10.0 Å². The van der Waals surface area contributed by atoms with Gasteiger partial charge in [0, 0.05) is 18.9 Å². The number of hydrogen-bond donors (Lipinski definition) is 1. The molecule has 2 N–H and O–H groups in total. The molecule has 19 heavy (non-hydrogen) atoms. The van der Waals surface area contributed by atoms with Gasteiger partial charge in [0.15, 0.2) is 0 Å². The number of aryl methyl sites for hydroxylation is 1. The van der Waals surface area contributed by atoms with Crippen LogP contribution >= 0.6 is 15.9 Å². The topological polar surface area (TPSA) is 93.4 Å². The molecule has 2 rings (SSSR count). The Kier molecular flexibility index (Phi) is 3.93. The maximum Gasteiger partial charge on any atom is 0.227 e. The fraction of sp³-hybridized carbons (Fsp3) is 0.455. The zero-order chi connectivity index (χ0) is 14.2. The molecule has 1 fully saturated rings. The van der Waals surface area contributed by atoms with Crippen LogP contribution in [0.1, 0.15) is 12.0 Å². The average molecular weight is 348 g/mol. The minimum atomic E-state index is -3.56. The van der Waals surface area contributed by atoms with E-state index in [0.29, 0.717) is 16.8 Å². The lowest BCUT2D eigenvalue weighted by atomic mass is 10.1. The van der Waals surface area contributed by atoms with Crippen LogP contribution in [0.3, 0.4) is 0 Å². The molecule has 1 aromatic heterocycles. The third-order valence-electron chi connectivity index (χ3n) is 3.01. The van der Waals surface area contributed by atoms with Crippen molar-refractivity contribution in [2.24, 2.45) is 11.1 Å². The van der Waals surface area contributed by atoms with Crippen molar-refractivity contribution >= 4 is 37.5 Å². The summed E-state index contributed by atoms with van der Waals surface area (Å²) in [5.74, 6) is -0.524. The van der Waals surface area contributed by atoms with E-state index in [0.717, 1.165) is 5.56 Å². The van der Waals surface area contributed by atoms with Gasteiger partial charge >= 0.3 is 0 Å². The largest absolute Gasteiger partial charge is 0.310 e. The summed E-state index contributed by atoms with van der Waals surface area (Å²) in [4.78, 5) is 17.6. The summed E-state index contributed by atoms with van der Waals surface area (Å²) in [5, 5.41) is 5.02. The minimum absolute atomic E-state index is 0.0964. The van der Waals surface area contributed by atoms with Crippen LogP contribution in [-0.4, -0.2) is 31.6 Å². The first-order chi connectivity index (χ1) is 8.76. The molecule has 1 saturated heterocycles. The Balaban J connectivity index is 2.20. The first-order valence-electron chi connectivity index (χ1n) is 5.69. The third-order valence-corrected chi connectivity index (χ3v) is 4.38. The van der Waals surface area contributed by atoms with Gasteiger partial charge in [0.25, 0.3) is 0 Å². The van der Waals surface area contributed by atoms with E-state index < -0.39 is 10.0 Å². The molecule has 104 valence electrons. The van der Waals surface area contributed by atoms with Crippen molar-refractivity contribution in [1.29, 1.82) is 0 Å². The van der Waals surface area contributed by atoms with Crippen LogP contribution in [-0.2, 0) is 14.8 Å². The van der Waals surface area contributed by atoms with E-state index in [-0.39, 0.29) is 24.0 Å². The maximum atomic E-state index is 12.0. The van der Waals surface area contributed by atoms with Crippen molar-refractivity contribution in [3.05, 3.63) is 22.4 Å². The van der Waals surface area contributed by atoms with Gasteiger partial charge in [0.1, 0.15) is 4.60 Å². The smallest absolute Gasteiger partial charge is 0.227 e. The van der Waals surface area contributed by atoms with Crippen LogP contribution in [0.25, 0.3) is 0 Å². The van der Waals surface area contributed by atoms with Gasteiger partial charge in [-0.2, -0.15) is 0 Å².